The van der Waals surface area contributed by atoms with Crippen LogP contribution in [0.4, 0.5) is 0 Å². The van der Waals surface area contributed by atoms with Crippen molar-refractivity contribution in [2.24, 2.45) is 0 Å². The van der Waals surface area contributed by atoms with Gasteiger partial charge in [0.05, 0.1) is 52.4 Å². The van der Waals surface area contributed by atoms with Crippen molar-refractivity contribution in [2.75, 3.05) is 47.3 Å². The van der Waals surface area contributed by atoms with Crippen molar-refractivity contribution >= 4 is 13.5 Å². The summed E-state index contributed by atoms with van der Waals surface area (Å²) in [6, 6.07) is 23.8. The summed E-state index contributed by atoms with van der Waals surface area (Å²) in [5, 5.41) is 23.2. The van der Waals surface area contributed by atoms with Crippen molar-refractivity contribution in [2.45, 2.75) is 69.1 Å². The average molecular weight is 732 g/mol. The number of hydrogen-bond acceptors (Lipinski definition) is 11. The number of hydrogen-bond donors (Lipinski definition) is 4. The second-order valence-electron chi connectivity index (χ2n) is 13.0. The lowest BCUT2D eigenvalue weighted by atomic mass is 9.80. The largest absolute Gasteiger partial charge is 0.497 e. The first-order chi connectivity index (χ1) is 24.3. The third kappa shape index (κ3) is 9.75. The molecular weight excluding hydrogens is 681 g/mol. The van der Waals surface area contributed by atoms with Gasteiger partial charge in [-0.15, -0.1) is 0 Å². The van der Waals surface area contributed by atoms with E-state index in [9.17, 15) is 24.5 Å². The maximum atomic E-state index is 12.4. The van der Waals surface area contributed by atoms with Gasteiger partial charge in [-0.2, -0.15) is 0 Å². The lowest BCUT2D eigenvalue weighted by molar-refractivity contribution is -0.281. The summed E-state index contributed by atoms with van der Waals surface area (Å²) in [5.41, 5.74) is 1.40. The first kappa shape index (κ1) is 40.4. The molecule has 0 bridgehead atoms. The topological polar surface area (TPSA) is 171 Å². The lowest BCUT2D eigenvalue weighted by Crippen LogP contribution is -2.65. The van der Waals surface area contributed by atoms with Gasteiger partial charge in [0.2, 0.25) is 5.91 Å². The van der Waals surface area contributed by atoms with Crippen LogP contribution in [0.5, 0.6) is 11.5 Å². The van der Waals surface area contributed by atoms with Crippen LogP contribution in [-0.2, 0) is 38.4 Å². The van der Waals surface area contributed by atoms with E-state index in [1.54, 1.807) is 35.0 Å². The minimum atomic E-state index is -3.94. The molecule has 1 fully saturated rings. The lowest BCUT2D eigenvalue weighted by Gasteiger charge is -2.44. The van der Waals surface area contributed by atoms with Crippen LogP contribution in [0.25, 0.3) is 0 Å². The van der Waals surface area contributed by atoms with Gasteiger partial charge in [-0.3, -0.25) is 9.36 Å². The number of aliphatic hydroxyl groups is 2. The van der Waals surface area contributed by atoms with E-state index in [0.29, 0.717) is 11.5 Å². The molecule has 14 heteroatoms. The van der Waals surface area contributed by atoms with E-state index in [4.69, 9.17) is 32.9 Å². The molecule has 0 aliphatic carbocycles. The third-order valence-corrected chi connectivity index (χ3v) is 10.8. The highest BCUT2D eigenvalue weighted by atomic mass is 31.2. The molecule has 6 unspecified atom stereocenters. The molecule has 1 amide bonds. The summed E-state index contributed by atoms with van der Waals surface area (Å²) >= 11 is 0. The normalized spacial score (nSPS) is 22.2. The molecule has 3 aromatic carbocycles. The van der Waals surface area contributed by atoms with Crippen molar-refractivity contribution in [3.05, 3.63) is 95.6 Å². The second-order valence-corrected chi connectivity index (χ2v) is 15.7. The van der Waals surface area contributed by atoms with Crippen molar-refractivity contribution in [1.29, 1.82) is 0 Å². The molecule has 0 spiro atoms. The summed E-state index contributed by atoms with van der Waals surface area (Å²) < 4.78 is 53.2. The summed E-state index contributed by atoms with van der Waals surface area (Å²) in [6.07, 6.45) is -4.74. The highest BCUT2D eigenvalue weighted by molar-refractivity contribution is 7.54. The first-order valence-electron chi connectivity index (χ1n) is 16.7. The molecule has 1 aliphatic rings. The Morgan fingerprint density at radius 2 is 1.35 bits per heavy atom. The van der Waals surface area contributed by atoms with Gasteiger partial charge in [-0.05, 0) is 61.7 Å². The molecule has 1 aliphatic heterocycles. The van der Waals surface area contributed by atoms with Gasteiger partial charge >= 0.3 is 7.60 Å². The zero-order valence-electron chi connectivity index (χ0n) is 29.9. The van der Waals surface area contributed by atoms with Crippen molar-refractivity contribution in [3.8, 4) is 11.5 Å². The number of carbonyl (C=O) groups is 1. The van der Waals surface area contributed by atoms with E-state index >= 15 is 0 Å². The monoisotopic (exact) mass is 731 g/mol. The van der Waals surface area contributed by atoms with Crippen LogP contribution in [0, 0.1) is 0 Å². The van der Waals surface area contributed by atoms with Crippen molar-refractivity contribution < 1.29 is 57.4 Å². The fraction of sp³-hybridized carbons (Fsp3) is 0.486. The van der Waals surface area contributed by atoms with Gasteiger partial charge in [0.15, 0.2) is 6.29 Å². The Hall–Kier alpha value is -3.36. The molecule has 13 nitrogen and oxygen atoms in total. The maximum absolute atomic E-state index is 12.4. The van der Waals surface area contributed by atoms with Gasteiger partial charge in [0, 0.05) is 6.92 Å². The van der Waals surface area contributed by atoms with Crippen LogP contribution in [0.3, 0.4) is 0 Å². The third-order valence-electron chi connectivity index (χ3n) is 8.59. The Morgan fingerprint density at radius 1 is 0.824 bits per heavy atom. The summed E-state index contributed by atoms with van der Waals surface area (Å²) in [7, 11) is -0.743. The van der Waals surface area contributed by atoms with Crippen LogP contribution >= 0.6 is 7.60 Å². The van der Waals surface area contributed by atoms with Crippen molar-refractivity contribution in [1.82, 2.24) is 5.32 Å². The molecule has 0 saturated carbocycles. The summed E-state index contributed by atoms with van der Waals surface area (Å²) in [5.74, 6) is 0.912. The van der Waals surface area contributed by atoms with Gasteiger partial charge < -0.3 is 53.4 Å². The van der Waals surface area contributed by atoms with Crippen molar-refractivity contribution in [3.63, 3.8) is 0 Å². The summed E-state index contributed by atoms with van der Waals surface area (Å²) in [6.45, 7) is 5.05. The standard InChI is InChI=1S/C37H50NO12P/c1-25(40)38-32-33(41)34(46-21-23-49-51(42,43)36(2,3)4)31(24-39)50-35(32)47-20-22-48-37(26-10-8-7-9-11-26,27-12-16-29(44-5)17-13-27)28-14-18-30(45-6)19-15-28/h7-19,31-35,39,41H,20-24H2,1-6H3,(H,38,40)(H,42,43). The number of ether oxygens (including phenoxy) is 6. The molecule has 3 aromatic rings. The predicted molar refractivity (Wildman–Crippen MR) is 189 cm³/mol. The average Bonchev–Trinajstić information content (AvgIpc) is 3.12. The molecule has 1 saturated heterocycles. The zero-order chi connectivity index (χ0) is 37.2. The van der Waals surface area contributed by atoms with Crippen LogP contribution in [-0.4, -0.2) is 104 Å². The highest BCUT2D eigenvalue weighted by Gasteiger charge is 2.47. The molecule has 4 rings (SSSR count). The molecule has 51 heavy (non-hydrogen) atoms. The number of amides is 1. The number of nitrogens with one attached hydrogen (secondary N) is 1. The fourth-order valence-electron chi connectivity index (χ4n) is 5.78. The minimum absolute atomic E-state index is 0.0335. The second kappa shape index (κ2) is 17.9. The molecule has 1 heterocycles. The number of aliphatic hydroxyl groups excluding tert-OH is 2. The van der Waals surface area contributed by atoms with Gasteiger partial charge in [-0.1, -0.05) is 54.6 Å². The van der Waals surface area contributed by atoms with E-state index in [1.165, 1.54) is 6.92 Å². The number of rotatable bonds is 17. The Morgan fingerprint density at radius 3 is 1.84 bits per heavy atom. The summed E-state index contributed by atoms with van der Waals surface area (Å²) in [4.78, 5) is 22.4. The smallest absolute Gasteiger partial charge is 0.333 e. The van der Waals surface area contributed by atoms with E-state index in [1.807, 2.05) is 78.9 Å². The quantitative estimate of drug-likeness (QED) is 0.0896. The van der Waals surface area contributed by atoms with Gasteiger partial charge in [0.25, 0.3) is 0 Å². The first-order valence-corrected chi connectivity index (χ1v) is 18.3. The SMILES string of the molecule is COc1ccc(C(OCCOC2OC(CO)C(OCCOP(=O)(O)C(C)(C)C)C(O)C2NC(C)=O)(c2ccccc2)c2ccc(OC)cc2)cc1. The molecule has 0 radical (unpaired) electrons. The van der Waals surface area contributed by atoms with Crippen LogP contribution < -0.4 is 14.8 Å². The fourth-order valence-corrected chi connectivity index (χ4v) is 6.49. The molecule has 0 aromatic heterocycles. The van der Waals surface area contributed by atoms with E-state index in [0.717, 1.165) is 16.7 Å². The minimum Gasteiger partial charge on any atom is -0.497 e. The van der Waals surface area contributed by atoms with Gasteiger partial charge in [-0.25, -0.2) is 0 Å². The molecule has 280 valence electrons. The highest BCUT2D eigenvalue weighted by Crippen LogP contribution is 2.54. The predicted octanol–water partition coefficient (Wildman–Crippen LogP) is 4.00. The van der Waals surface area contributed by atoms with Crippen LogP contribution in [0.15, 0.2) is 78.9 Å². The molecule has 6 atom stereocenters. The number of methoxy groups -OCH3 is 2. The Kier molecular flexibility index (Phi) is 14.2. The molecular formula is C37H50NO12P. The Labute approximate surface area is 299 Å². The molecule has 4 N–H and O–H groups in total. The Bertz CT molecular complexity index is 1520. The van der Waals surface area contributed by atoms with E-state index in [-0.39, 0.29) is 26.4 Å². The van der Waals surface area contributed by atoms with E-state index in [2.05, 4.69) is 5.32 Å². The van der Waals surface area contributed by atoms with Gasteiger partial charge in [0.1, 0.15) is 41.5 Å². The zero-order valence-corrected chi connectivity index (χ0v) is 30.8. The Balaban J connectivity index is 1.54. The number of benzene rings is 3. The number of carbonyl (C=O) groups excluding carboxylic acids is 1. The van der Waals surface area contributed by atoms with Crippen LogP contribution in [0.2, 0.25) is 0 Å². The van der Waals surface area contributed by atoms with E-state index < -0.39 is 61.5 Å². The van der Waals surface area contributed by atoms with Crippen LogP contribution in [0.1, 0.15) is 44.4 Å². The maximum Gasteiger partial charge on any atom is 0.333 e.